The largest absolute Gasteiger partial charge is 0.332 e. The molecule has 0 amide bonds. The number of nitrogens with zero attached hydrogens (tertiary/aromatic N) is 2. The molecule has 140 valence electrons. The average Bonchev–Trinajstić information content (AvgIpc) is 3.06. The van der Waals surface area contributed by atoms with Crippen molar-refractivity contribution in [1.82, 2.24) is 9.78 Å². The maximum Gasteiger partial charge on any atom is 0.176 e. The van der Waals surface area contributed by atoms with Gasteiger partial charge in [0.1, 0.15) is 0 Å². The molecule has 0 fully saturated rings. The Balaban J connectivity index is 1.68. The quantitative estimate of drug-likeness (QED) is 0.360. The molecule has 0 unspecified atom stereocenters. The summed E-state index contributed by atoms with van der Waals surface area (Å²) >= 11 is 10.9. The van der Waals surface area contributed by atoms with Crippen LogP contribution in [0, 0.1) is 23.3 Å². The second-order valence-electron chi connectivity index (χ2n) is 5.43. The van der Waals surface area contributed by atoms with E-state index in [1.54, 1.807) is 24.3 Å². The number of anilines is 2. The van der Waals surface area contributed by atoms with Crippen LogP contribution in [0.25, 0.3) is 0 Å². The highest BCUT2D eigenvalue weighted by atomic mass is 35.5. The first kappa shape index (κ1) is 19.1. The van der Waals surface area contributed by atoms with Gasteiger partial charge in [-0.1, -0.05) is 11.6 Å². The number of halogens is 5. The molecule has 0 bridgehead atoms. The van der Waals surface area contributed by atoms with Crippen molar-refractivity contribution >= 4 is 40.4 Å². The van der Waals surface area contributed by atoms with Crippen molar-refractivity contribution in [2.75, 3.05) is 10.6 Å². The van der Waals surface area contributed by atoms with Crippen LogP contribution in [0.4, 0.5) is 29.1 Å². The fourth-order valence-corrected chi connectivity index (χ4v) is 2.60. The summed E-state index contributed by atoms with van der Waals surface area (Å²) in [5.74, 6) is -5.58. The van der Waals surface area contributed by atoms with Gasteiger partial charge in [0, 0.05) is 29.0 Å². The van der Waals surface area contributed by atoms with Gasteiger partial charge < -0.3 is 10.6 Å². The van der Waals surface area contributed by atoms with Gasteiger partial charge in [-0.25, -0.2) is 17.6 Å². The van der Waals surface area contributed by atoms with Crippen LogP contribution in [-0.4, -0.2) is 14.9 Å². The van der Waals surface area contributed by atoms with Crippen LogP contribution < -0.4 is 10.6 Å². The van der Waals surface area contributed by atoms with Gasteiger partial charge in [0.15, 0.2) is 34.2 Å². The second-order valence-corrected chi connectivity index (χ2v) is 6.28. The lowest BCUT2D eigenvalue weighted by atomic mass is 10.2. The van der Waals surface area contributed by atoms with Crippen molar-refractivity contribution in [2.45, 2.75) is 6.54 Å². The Morgan fingerprint density at radius 2 is 1.63 bits per heavy atom. The molecular formula is C17H11ClF4N4S. The van der Waals surface area contributed by atoms with Gasteiger partial charge in [-0.3, -0.25) is 4.68 Å². The zero-order chi connectivity index (χ0) is 19.6. The molecule has 0 aliphatic carbocycles. The predicted octanol–water partition coefficient (Wildman–Crippen LogP) is 4.95. The second kappa shape index (κ2) is 7.93. The topological polar surface area (TPSA) is 41.9 Å². The standard InChI is InChI=1S/C17H11ClF4N4S/c18-9-1-3-10(4-2-9)23-17(27)24-14-5-6-26(25-14)8-11-15(21)12(19)7-13(20)16(11)22/h1-7H,8H2,(H2,23,24,25,27). The molecule has 0 saturated heterocycles. The molecular weight excluding hydrogens is 404 g/mol. The summed E-state index contributed by atoms with van der Waals surface area (Å²) in [6.07, 6.45) is 1.38. The monoisotopic (exact) mass is 414 g/mol. The molecule has 0 aliphatic rings. The zero-order valence-electron chi connectivity index (χ0n) is 13.4. The average molecular weight is 415 g/mol. The van der Waals surface area contributed by atoms with Crippen molar-refractivity contribution in [3.8, 4) is 0 Å². The van der Waals surface area contributed by atoms with Gasteiger partial charge in [-0.2, -0.15) is 5.10 Å². The van der Waals surface area contributed by atoms with Crippen LogP contribution in [0.15, 0.2) is 42.6 Å². The summed E-state index contributed by atoms with van der Waals surface area (Å²) in [7, 11) is 0. The Hall–Kier alpha value is -2.65. The molecule has 3 rings (SSSR count). The molecule has 0 radical (unpaired) electrons. The molecule has 0 spiro atoms. The minimum atomic E-state index is -1.47. The van der Waals surface area contributed by atoms with Crippen LogP contribution in [0.5, 0.6) is 0 Å². The van der Waals surface area contributed by atoms with Crippen LogP contribution in [0.2, 0.25) is 5.02 Å². The number of rotatable bonds is 4. The third kappa shape index (κ3) is 4.55. The number of benzene rings is 2. The Labute approximate surface area is 161 Å². The third-order valence-corrected chi connectivity index (χ3v) is 3.96. The lowest BCUT2D eigenvalue weighted by Crippen LogP contribution is -2.19. The van der Waals surface area contributed by atoms with Crippen molar-refractivity contribution in [1.29, 1.82) is 0 Å². The number of nitrogens with one attached hydrogen (secondary N) is 2. The van der Waals surface area contributed by atoms with E-state index in [0.29, 0.717) is 10.7 Å². The lowest BCUT2D eigenvalue weighted by Gasteiger charge is -2.09. The van der Waals surface area contributed by atoms with E-state index in [1.165, 1.54) is 12.3 Å². The molecule has 27 heavy (non-hydrogen) atoms. The molecule has 0 aliphatic heterocycles. The Bertz CT molecular complexity index is 965. The lowest BCUT2D eigenvalue weighted by molar-refractivity contribution is 0.431. The Morgan fingerprint density at radius 1 is 1.00 bits per heavy atom. The molecule has 2 N–H and O–H groups in total. The first-order chi connectivity index (χ1) is 12.8. The van der Waals surface area contributed by atoms with E-state index in [9.17, 15) is 17.6 Å². The molecule has 3 aromatic rings. The highest BCUT2D eigenvalue weighted by molar-refractivity contribution is 7.80. The summed E-state index contributed by atoms with van der Waals surface area (Å²) in [5, 5.41) is 10.5. The van der Waals surface area contributed by atoms with Crippen LogP contribution >= 0.6 is 23.8 Å². The zero-order valence-corrected chi connectivity index (χ0v) is 15.0. The van der Waals surface area contributed by atoms with Crippen LogP contribution in [0.1, 0.15) is 5.56 Å². The maximum absolute atomic E-state index is 13.7. The summed E-state index contributed by atoms with van der Waals surface area (Å²) in [4.78, 5) is 0. The van der Waals surface area contributed by atoms with E-state index in [-0.39, 0.29) is 17.0 Å². The first-order valence-electron chi connectivity index (χ1n) is 7.52. The number of hydrogen-bond acceptors (Lipinski definition) is 2. The predicted molar refractivity (Wildman–Crippen MR) is 98.9 cm³/mol. The highest BCUT2D eigenvalue weighted by Crippen LogP contribution is 2.20. The molecule has 10 heteroatoms. The summed E-state index contributed by atoms with van der Waals surface area (Å²) in [6.45, 7) is -0.495. The molecule has 1 aromatic heterocycles. The van der Waals surface area contributed by atoms with Crippen LogP contribution in [0.3, 0.4) is 0 Å². The van der Waals surface area contributed by atoms with Gasteiger partial charge in [-0.15, -0.1) is 0 Å². The summed E-state index contributed by atoms with van der Waals surface area (Å²) in [6, 6.07) is 8.45. The third-order valence-electron chi connectivity index (χ3n) is 3.51. The summed E-state index contributed by atoms with van der Waals surface area (Å²) < 4.78 is 55.1. The first-order valence-corrected chi connectivity index (χ1v) is 8.31. The smallest absolute Gasteiger partial charge is 0.176 e. The minimum absolute atomic E-state index is 0.158. The number of hydrogen-bond donors (Lipinski definition) is 2. The minimum Gasteiger partial charge on any atom is -0.332 e. The maximum atomic E-state index is 13.7. The molecule has 0 atom stereocenters. The van der Waals surface area contributed by atoms with Crippen molar-refractivity contribution in [3.63, 3.8) is 0 Å². The van der Waals surface area contributed by atoms with Gasteiger partial charge in [0.2, 0.25) is 0 Å². The van der Waals surface area contributed by atoms with Gasteiger partial charge in [0.25, 0.3) is 0 Å². The normalized spacial score (nSPS) is 10.7. The van der Waals surface area contributed by atoms with E-state index in [1.807, 2.05) is 0 Å². The van der Waals surface area contributed by atoms with Gasteiger partial charge in [-0.05, 0) is 36.5 Å². The van der Waals surface area contributed by atoms with Gasteiger partial charge >= 0.3 is 0 Å². The van der Waals surface area contributed by atoms with E-state index < -0.39 is 35.4 Å². The van der Waals surface area contributed by atoms with Crippen molar-refractivity contribution < 1.29 is 17.6 Å². The molecule has 2 aromatic carbocycles. The SMILES string of the molecule is Fc1cc(F)c(F)c(Cn2ccc(NC(=S)Nc3ccc(Cl)cc3)n2)c1F. The van der Waals surface area contributed by atoms with E-state index >= 15 is 0 Å². The summed E-state index contributed by atoms with van der Waals surface area (Å²) in [5.41, 5.74) is -0.0697. The molecule has 1 heterocycles. The number of thiocarbonyl (C=S) groups is 1. The Morgan fingerprint density at radius 3 is 2.26 bits per heavy atom. The fraction of sp³-hybridized carbons (Fsp3) is 0.0588. The van der Waals surface area contributed by atoms with Crippen LogP contribution in [-0.2, 0) is 6.54 Å². The number of aromatic nitrogens is 2. The van der Waals surface area contributed by atoms with Gasteiger partial charge in [0.05, 0.1) is 12.1 Å². The van der Waals surface area contributed by atoms with E-state index in [4.69, 9.17) is 23.8 Å². The van der Waals surface area contributed by atoms with E-state index in [2.05, 4.69) is 15.7 Å². The van der Waals surface area contributed by atoms with E-state index in [0.717, 1.165) is 4.68 Å². The molecule has 4 nitrogen and oxygen atoms in total. The molecule has 0 saturated carbocycles. The Kier molecular flexibility index (Phi) is 5.62. The van der Waals surface area contributed by atoms with Crippen molar-refractivity contribution in [2.24, 2.45) is 0 Å². The fourth-order valence-electron chi connectivity index (χ4n) is 2.25. The van der Waals surface area contributed by atoms with Crippen molar-refractivity contribution in [3.05, 3.63) is 76.5 Å². The highest BCUT2D eigenvalue weighted by Gasteiger charge is 2.19.